The number of hydrogen-bond donors (Lipinski definition) is 1. The Morgan fingerprint density at radius 2 is 1.61 bits per heavy atom. The number of hydrogen-bond acceptors (Lipinski definition) is 4. The van der Waals surface area contributed by atoms with E-state index in [0.29, 0.717) is 24.6 Å². The minimum absolute atomic E-state index is 0.0239. The van der Waals surface area contributed by atoms with Crippen molar-refractivity contribution in [3.8, 4) is 0 Å². The summed E-state index contributed by atoms with van der Waals surface area (Å²) in [5.41, 5.74) is 0.541. The molecule has 3 amide bonds. The average molecular weight is 470 g/mol. The predicted molar refractivity (Wildman–Crippen MR) is 127 cm³/mol. The third-order valence-electron chi connectivity index (χ3n) is 9.22. The van der Waals surface area contributed by atoms with E-state index < -0.39 is 0 Å². The predicted octanol–water partition coefficient (Wildman–Crippen LogP) is 3.68. The molecule has 6 fully saturated rings. The number of likely N-dealkylation sites (tertiary alicyclic amines) is 2. The molecule has 1 unspecified atom stereocenters. The number of thiophene rings is 1. The van der Waals surface area contributed by atoms with Gasteiger partial charge in [-0.3, -0.25) is 14.4 Å². The summed E-state index contributed by atoms with van der Waals surface area (Å²) in [6.07, 6.45) is 10.4. The molecule has 4 saturated carbocycles. The molecule has 2 saturated heterocycles. The van der Waals surface area contributed by atoms with Crippen LogP contribution in [-0.4, -0.2) is 59.2 Å². The largest absolute Gasteiger partial charge is 0.349 e. The van der Waals surface area contributed by atoms with Gasteiger partial charge in [0.1, 0.15) is 6.04 Å². The summed E-state index contributed by atoms with van der Waals surface area (Å²) < 4.78 is 0. The Labute approximate surface area is 200 Å². The molecule has 4 bridgehead atoms. The third-order valence-corrected chi connectivity index (χ3v) is 9.90. The number of carbonyl (C=O) groups is 3. The molecule has 6 nitrogen and oxygen atoms in total. The number of nitrogens with one attached hydrogen (secondary N) is 1. The zero-order valence-electron chi connectivity index (χ0n) is 19.3. The topological polar surface area (TPSA) is 69.7 Å². The second kappa shape index (κ2) is 8.40. The van der Waals surface area contributed by atoms with E-state index in [1.54, 1.807) is 0 Å². The monoisotopic (exact) mass is 469 g/mol. The van der Waals surface area contributed by atoms with E-state index in [9.17, 15) is 14.4 Å². The average Bonchev–Trinajstić information content (AvgIpc) is 3.50. The van der Waals surface area contributed by atoms with Gasteiger partial charge in [-0.25, -0.2) is 0 Å². The van der Waals surface area contributed by atoms with E-state index in [1.165, 1.54) is 30.6 Å². The lowest BCUT2D eigenvalue weighted by molar-refractivity contribution is -0.162. The Balaban J connectivity index is 1.08. The first-order valence-corrected chi connectivity index (χ1v) is 13.9. The molecular weight excluding hydrogens is 434 g/mol. The molecule has 1 N–H and O–H groups in total. The molecule has 1 atom stereocenters. The number of amides is 3. The summed E-state index contributed by atoms with van der Waals surface area (Å²) in [6.45, 7) is 2.05. The van der Waals surface area contributed by atoms with Gasteiger partial charge < -0.3 is 15.1 Å². The Morgan fingerprint density at radius 3 is 2.21 bits per heavy atom. The van der Waals surface area contributed by atoms with E-state index in [1.807, 2.05) is 26.6 Å². The molecule has 0 spiro atoms. The lowest BCUT2D eigenvalue weighted by Crippen LogP contribution is -2.58. The van der Waals surface area contributed by atoms with Crippen molar-refractivity contribution in [1.29, 1.82) is 0 Å². The molecule has 1 aromatic rings. The third kappa shape index (κ3) is 3.90. The Bertz CT molecular complexity index is 886. The maximum absolute atomic E-state index is 13.9. The molecule has 7 rings (SSSR count). The first-order chi connectivity index (χ1) is 16.0. The highest BCUT2D eigenvalue weighted by atomic mass is 32.1. The summed E-state index contributed by atoms with van der Waals surface area (Å²) in [5, 5.41) is 6.89. The number of nitrogens with zero attached hydrogens (tertiary/aromatic N) is 2. The van der Waals surface area contributed by atoms with E-state index in [0.717, 1.165) is 69.2 Å². The van der Waals surface area contributed by atoms with E-state index in [-0.39, 0.29) is 29.3 Å². The molecule has 4 aliphatic carbocycles. The fourth-order valence-electron chi connectivity index (χ4n) is 8.06. The zero-order chi connectivity index (χ0) is 22.6. The maximum atomic E-state index is 13.9. The first-order valence-electron chi connectivity index (χ1n) is 12.9. The minimum Gasteiger partial charge on any atom is -0.349 e. The molecule has 178 valence electrons. The summed E-state index contributed by atoms with van der Waals surface area (Å²) in [7, 11) is 0. The lowest BCUT2D eigenvalue weighted by atomic mass is 9.49. The van der Waals surface area contributed by atoms with Crippen molar-refractivity contribution in [2.75, 3.05) is 19.6 Å². The Kier molecular flexibility index (Phi) is 5.51. The Hall–Kier alpha value is -1.89. The SMILES string of the molecule is O=C(NC1CCN(C(=O)C2CCCN2C(=O)C23CC4CC(CC(C4)C2)C3)CC1)c1ccsc1. The van der Waals surface area contributed by atoms with Gasteiger partial charge in [0, 0.05) is 36.6 Å². The maximum Gasteiger partial charge on any atom is 0.252 e. The van der Waals surface area contributed by atoms with Gasteiger partial charge in [-0.15, -0.1) is 0 Å². The van der Waals surface area contributed by atoms with Crippen LogP contribution in [0.3, 0.4) is 0 Å². The highest BCUT2D eigenvalue weighted by Crippen LogP contribution is 2.60. The number of piperidine rings is 1. The highest BCUT2D eigenvalue weighted by molar-refractivity contribution is 7.08. The highest BCUT2D eigenvalue weighted by Gasteiger charge is 2.57. The summed E-state index contributed by atoms with van der Waals surface area (Å²) in [4.78, 5) is 43.7. The second-order valence-electron chi connectivity index (χ2n) is 11.4. The van der Waals surface area contributed by atoms with Crippen molar-refractivity contribution in [1.82, 2.24) is 15.1 Å². The van der Waals surface area contributed by atoms with Gasteiger partial charge >= 0.3 is 0 Å². The smallest absolute Gasteiger partial charge is 0.252 e. The van der Waals surface area contributed by atoms with E-state index in [4.69, 9.17) is 0 Å². The van der Waals surface area contributed by atoms with Crippen LogP contribution in [0, 0.1) is 23.2 Å². The molecule has 0 radical (unpaired) electrons. The van der Waals surface area contributed by atoms with Gasteiger partial charge in [-0.1, -0.05) is 0 Å². The zero-order valence-corrected chi connectivity index (χ0v) is 20.2. The van der Waals surface area contributed by atoms with Crippen molar-refractivity contribution in [3.63, 3.8) is 0 Å². The minimum atomic E-state index is -0.276. The van der Waals surface area contributed by atoms with Gasteiger partial charge in [-0.05, 0) is 93.4 Å². The van der Waals surface area contributed by atoms with Crippen LogP contribution in [0.1, 0.15) is 74.6 Å². The van der Waals surface area contributed by atoms with Crippen molar-refractivity contribution in [2.24, 2.45) is 23.2 Å². The quantitative estimate of drug-likeness (QED) is 0.731. The van der Waals surface area contributed by atoms with Crippen LogP contribution in [-0.2, 0) is 9.59 Å². The van der Waals surface area contributed by atoms with E-state index in [2.05, 4.69) is 5.32 Å². The van der Waals surface area contributed by atoms with Crippen LogP contribution >= 0.6 is 11.3 Å². The van der Waals surface area contributed by atoms with Crippen molar-refractivity contribution < 1.29 is 14.4 Å². The molecule has 1 aromatic heterocycles. The van der Waals surface area contributed by atoms with Crippen LogP contribution < -0.4 is 5.32 Å². The molecule has 0 aromatic carbocycles. The van der Waals surface area contributed by atoms with Crippen LogP contribution in [0.5, 0.6) is 0 Å². The first kappa shape index (κ1) is 21.6. The van der Waals surface area contributed by atoms with Gasteiger partial charge in [0.25, 0.3) is 5.91 Å². The van der Waals surface area contributed by atoms with Crippen LogP contribution in [0.25, 0.3) is 0 Å². The van der Waals surface area contributed by atoms with Crippen LogP contribution in [0.2, 0.25) is 0 Å². The molecule has 33 heavy (non-hydrogen) atoms. The van der Waals surface area contributed by atoms with Crippen LogP contribution in [0.4, 0.5) is 0 Å². The molecular formula is C26H35N3O3S. The fraction of sp³-hybridized carbons (Fsp3) is 0.731. The van der Waals surface area contributed by atoms with Crippen molar-refractivity contribution >= 4 is 29.1 Å². The second-order valence-corrected chi connectivity index (χ2v) is 12.2. The molecule has 3 heterocycles. The lowest BCUT2D eigenvalue weighted by Gasteiger charge is -2.56. The van der Waals surface area contributed by atoms with Gasteiger partial charge in [0.05, 0.1) is 5.41 Å². The normalized spacial score (nSPS) is 35.8. The van der Waals surface area contributed by atoms with Crippen LogP contribution in [0.15, 0.2) is 16.8 Å². The summed E-state index contributed by atoms with van der Waals surface area (Å²) >= 11 is 1.52. The summed E-state index contributed by atoms with van der Waals surface area (Å²) in [6, 6.07) is 1.67. The summed E-state index contributed by atoms with van der Waals surface area (Å²) in [5.74, 6) is 2.62. The molecule has 2 aliphatic heterocycles. The van der Waals surface area contributed by atoms with Crippen molar-refractivity contribution in [3.05, 3.63) is 22.4 Å². The standard InChI is InChI=1S/C26H35N3O3S/c30-23(20-5-9-33-16-20)27-21-3-7-28(8-4-21)24(31)22-2-1-6-29(22)25(32)26-13-17-10-18(14-26)12-19(11-17)15-26/h5,9,16-19,21-22H,1-4,6-8,10-15H2,(H,27,30). The number of rotatable bonds is 4. The number of carbonyl (C=O) groups excluding carboxylic acids is 3. The van der Waals surface area contributed by atoms with E-state index >= 15 is 0 Å². The Morgan fingerprint density at radius 1 is 0.939 bits per heavy atom. The van der Waals surface area contributed by atoms with Gasteiger partial charge in [-0.2, -0.15) is 11.3 Å². The van der Waals surface area contributed by atoms with Crippen molar-refractivity contribution in [2.45, 2.75) is 76.3 Å². The van der Waals surface area contributed by atoms with Gasteiger partial charge in [0.15, 0.2) is 0 Å². The fourth-order valence-corrected chi connectivity index (χ4v) is 8.70. The molecule has 7 heteroatoms. The van der Waals surface area contributed by atoms with Gasteiger partial charge in [0.2, 0.25) is 11.8 Å². The molecule has 6 aliphatic rings.